The van der Waals surface area contributed by atoms with Gasteiger partial charge >= 0.3 is 0 Å². The number of rotatable bonds is 4. The highest BCUT2D eigenvalue weighted by Crippen LogP contribution is 2.35. The molecule has 0 nitrogen and oxygen atoms in total. The summed E-state index contributed by atoms with van der Waals surface area (Å²) in [6.07, 6.45) is 14.0. The molecule has 0 aromatic heterocycles. The average Bonchev–Trinajstić information content (AvgIpc) is 2.87. The molecule has 0 saturated heterocycles. The van der Waals surface area contributed by atoms with E-state index in [0.717, 1.165) is 6.42 Å². The molecule has 0 aliphatic heterocycles. The predicted molar refractivity (Wildman–Crippen MR) is 107 cm³/mol. The van der Waals surface area contributed by atoms with Gasteiger partial charge in [0, 0.05) is 9.80 Å². The highest BCUT2D eigenvalue weighted by atomic mass is 32.2. The van der Waals surface area contributed by atoms with Gasteiger partial charge in [0.1, 0.15) is 0 Å². The van der Waals surface area contributed by atoms with E-state index in [1.165, 1.54) is 32.1 Å². The van der Waals surface area contributed by atoms with Crippen molar-refractivity contribution in [1.82, 2.24) is 0 Å². The van der Waals surface area contributed by atoms with Crippen LogP contribution in [0.5, 0.6) is 0 Å². The zero-order valence-corrected chi connectivity index (χ0v) is 15.1. The summed E-state index contributed by atoms with van der Waals surface area (Å²) in [5.41, 5.74) is 5.33. The van der Waals surface area contributed by atoms with E-state index in [1.807, 2.05) is 11.8 Å². The summed E-state index contributed by atoms with van der Waals surface area (Å²) in [4.78, 5) is 2.68. The topological polar surface area (TPSA) is 0 Å². The minimum Gasteiger partial charge on any atom is -0.129 e. The van der Waals surface area contributed by atoms with Gasteiger partial charge in [-0.2, -0.15) is 0 Å². The molecule has 3 rings (SSSR count). The summed E-state index contributed by atoms with van der Waals surface area (Å²) < 4.78 is 0. The molecule has 2 aromatic rings. The monoisotopic (exact) mass is 336 g/mol. The van der Waals surface area contributed by atoms with Gasteiger partial charge in [0.25, 0.3) is 0 Å². The van der Waals surface area contributed by atoms with Gasteiger partial charge in [-0.25, -0.2) is 0 Å². The van der Waals surface area contributed by atoms with E-state index in [0.29, 0.717) is 0 Å². The third kappa shape index (κ3) is 3.65. The first-order valence-electron chi connectivity index (χ1n) is 7.67. The third-order valence-electron chi connectivity index (χ3n) is 3.96. The van der Waals surface area contributed by atoms with Crippen molar-refractivity contribution in [3.8, 4) is 11.1 Å². The van der Waals surface area contributed by atoms with E-state index in [2.05, 4.69) is 85.3 Å². The summed E-state index contributed by atoms with van der Waals surface area (Å²) in [6.45, 7) is 0. The molecule has 0 unspecified atom stereocenters. The van der Waals surface area contributed by atoms with Gasteiger partial charge in [-0.05, 0) is 59.4 Å². The first-order chi connectivity index (χ1) is 11.3. The fourth-order valence-electron chi connectivity index (χ4n) is 2.82. The Balaban J connectivity index is 2.08. The third-order valence-corrected chi connectivity index (χ3v) is 5.58. The lowest BCUT2D eigenvalue weighted by molar-refractivity contribution is 1.38. The standard InChI is InChI=1S/C21H20S2/c1-22-20-13-5-3-4-11-18(20)16-9-8-10-17(15-16)19-12-6-7-14-21(19)23-2/h3-10,12-15H,11H2,1-2H3. The van der Waals surface area contributed by atoms with Crippen molar-refractivity contribution in [1.29, 1.82) is 0 Å². The van der Waals surface area contributed by atoms with Crippen molar-refractivity contribution in [3.05, 3.63) is 83.3 Å². The van der Waals surface area contributed by atoms with Crippen molar-refractivity contribution < 1.29 is 0 Å². The summed E-state index contributed by atoms with van der Waals surface area (Å²) in [5, 5.41) is 0. The van der Waals surface area contributed by atoms with Gasteiger partial charge in [0.05, 0.1) is 0 Å². The van der Waals surface area contributed by atoms with E-state index in [9.17, 15) is 0 Å². The normalized spacial score (nSPS) is 14.2. The van der Waals surface area contributed by atoms with E-state index in [1.54, 1.807) is 11.8 Å². The van der Waals surface area contributed by atoms with Gasteiger partial charge in [-0.3, -0.25) is 0 Å². The van der Waals surface area contributed by atoms with Crippen LogP contribution < -0.4 is 0 Å². The average molecular weight is 337 g/mol. The molecule has 0 heterocycles. The molecule has 0 spiro atoms. The van der Waals surface area contributed by atoms with Crippen LogP contribution in [0.4, 0.5) is 0 Å². The molecule has 0 saturated carbocycles. The smallest absolute Gasteiger partial charge is 0.0148 e. The van der Waals surface area contributed by atoms with Crippen LogP contribution in [-0.2, 0) is 0 Å². The molecule has 1 aliphatic carbocycles. The maximum Gasteiger partial charge on any atom is 0.0148 e. The highest BCUT2D eigenvalue weighted by Gasteiger charge is 2.10. The molecule has 0 bridgehead atoms. The van der Waals surface area contributed by atoms with Gasteiger partial charge in [-0.15, -0.1) is 23.5 Å². The summed E-state index contributed by atoms with van der Waals surface area (Å²) in [5.74, 6) is 0. The Hall–Kier alpha value is -1.64. The molecule has 0 amide bonds. The SMILES string of the molecule is CSC1=C(c2cccc(-c3ccccc3SC)c2)CC=CC=C1. The maximum absolute atomic E-state index is 2.33. The fraction of sp³-hybridized carbons (Fsp3) is 0.143. The Kier molecular flexibility index (Phi) is 5.47. The predicted octanol–water partition coefficient (Wildman–Crippen LogP) is 6.67. The van der Waals surface area contributed by atoms with E-state index in [-0.39, 0.29) is 0 Å². The Labute approximate surface area is 147 Å². The van der Waals surface area contributed by atoms with Crippen molar-refractivity contribution in [2.75, 3.05) is 12.5 Å². The lowest BCUT2D eigenvalue weighted by Crippen LogP contribution is -1.89. The van der Waals surface area contributed by atoms with Crippen LogP contribution in [0, 0.1) is 0 Å². The zero-order chi connectivity index (χ0) is 16.1. The molecule has 0 N–H and O–H groups in total. The quantitative estimate of drug-likeness (QED) is 0.572. The summed E-state index contributed by atoms with van der Waals surface area (Å²) in [7, 11) is 0. The number of hydrogen-bond acceptors (Lipinski definition) is 2. The largest absolute Gasteiger partial charge is 0.129 e. The van der Waals surface area contributed by atoms with Crippen molar-refractivity contribution in [2.24, 2.45) is 0 Å². The van der Waals surface area contributed by atoms with Gasteiger partial charge in [0.2, 0.25) is 0 Å². The van der Waals surface area contributed by atoms with E-state index < -0.39 is 0 Å². The van der Waals surface area contributed by atoms with Crippen LogP contribution in [0.1, 0.15) is 12.0 Å². The molecule has 116 valence electrons. The lowest BCUT2D eigenvalue weighted by Gasteiger charge is -2.13. The number of benzene rings is 2. The van der Waals surface area contributed by atoms with Crippen LogP contribution in [0.3, 0.4) is 0 Å². The second-order valence-corrected chi connectivity index (χ2v) is 7.02. The highest BCUT2D eigenvalue weighted by molar-refractivity contribution is 8.02. The molecular weight excluding hydrogens is 316 g/mol. The van der Waals surface area contributed by atoms with Crippen LogP contribution in [0.25, 0.3) is 16.7 Å². The maximum atomic E-state index is 2.33. The minimum atomic E-state index is 0.983. The van der Waals surface area contributed by atoms with Crippen molar-refractivity contribution >= 4 is 29.1 Å². The van der Waals surface area contributed by atoms with Crippen molar-refractivity contribution in [2.45, 2.75) is 11.3 Å². The molecule has 0 radical (unpaired) electrons. The summed E-state index contributed by atoms with van der Waals surface area (Å²) >= 11 is 3.62. The fourth-order valence-corrected chi connectivity index (χ4v) is 4.10. The second-order valence-electron chi connectivity index (χ2n) is 5.32. The first-order valence-corrected chi connectivity index (χ1v) is 10.1. The zero-order valence-electron chi connectivity index (χ0n) is 13.5. The number of thioether (sulfide) groups is 2. The van der Waals surface area contributed by atoms with Crippen LogP contribution >= 0.6 is 23.5 Å². The molecular formula is C21H20S2. The molecule has 1 aliphatic rings. The first kappa shape index (κ1) is 16.2. The van der Waals surface area contributed by atoms with Crippen LogP contribution in [-0.4, -0.2) is 12.5 Å². The Morgan fingerprint density at radius 3 is 2.48 bits per heavy atom. The molecule has 2 aromatic carbocycles. The summed E-state index contributed by atoms with van der Waals surface area (Å²) in [6, 6.07) is 17.6. The molecule has 0 fully saturated rings. The van der Waals surface area contributed by atoms with Crippen LogP contribution in [0.15, 0.2) is 82.6 Å². The molecule has 0 atom stereocenters. The van der Waals surface area contributed by atoms with E-state index >= 15 is 0 Å². The van der Waals surface area contributed by atoms with Gasteiger partial charge < -0.3 is 0 Å². The van der Waals surface area contributed by atoms with Crippen LogP contribution in [0.2, 0.25) is 0 Å². The van der Waals surface area contributed by atoms with Gasteiger partial charge in [0.15, 0.2) is 0 Å². The number of allylic oxidation sites excluding steroid dienone is 5. The minimum absolute atomic E-state index is 0.983. The molecule has 23 heavy (non-hydrogen) atoms. The Bertz CT molecular complexity index is 782. The second kappa shape index (κ2) is 7.76. The lowest BCUT2D eigenvalue weighted by atomic mass is 9.97. The Morgan fingerprint density at radius 2 is 1.65 bits per heavy atom. The van der Waals surface area contributed by atoms with Crippen molar-refractivity contribution in [3.63, 3.8) is 0 Å². The number of hydrogen-bond donors (Lipinski definition) is 0. The Morgan fingerprint density at radius 1 is 0.826 bits per heavy atom. The van der Waals surface area contributed by atoms with E-state index in [4.69, 9.17) is 0 Å². The van der Waals surface area contributed by atoms with Gasteiger partial charge in [-0.1, -0.05) is 54.6 Å². The molecule has 2 heteroatoms.